The molecule has 2 aromatic rings. The van der Waals surface area contributed by atoms with Crippen molar-refractivity contribution >= 4 is 35.0 Å². The van der Waals surface area contributed by atoms with Gasteiger partial charge < -0.3 is 14.7 Å². The van der Waals surface area contributed by atoms with Gasteiger partial charge in [-0.25, -0.2) is 9.59 Å². The number of fused-ring (bicyclic) bond motifs is 2. The maximum Gasteiger partial charge on any atom is 0.410 e. The van der Waals surface area contributed by atoms with Gasteiger partial charge in [0.1, 0.15) is 5.60 Å². The Bertz CT molecular complexity index is 1090. The fourth-order valence-electron chi connectivity index (χ4n) is 4.37. The van der Waals surface area contributed by atoms with Gasteiger partial charge in [-0.2, -0.15) is 0 Å². The topological polar surface area (TPSA) is 66.8 Å². The lowest BCUT2D eigenvalue weighted by atomic mass is 9.87. The zero-order valence-corrected chi connectivity index (χ0v) is 19.6. The molecule has 0 saturated carbocycles. The Morgan fingerprint density at radius 1 is 1.06 bits per heavy atom. The minimum atomic E-state index is -0.938. The van der Waals surface area contributed by atoms with Gasteiger partial charge in [0.15, 0.2) is 0 Å². The van der Waals surface area contributed by atoms with Gasteiger partial charge in [0, 0.05) is 28.9 Å². The Hall–Kier alpha value is -2.86. The standard InChI is InChI=1S/C26H29NO4S/c1-26(2,3)31-25(30)27-14-12-18(13-15-27)24-20-7-5-4-6-17(20)8-10-22-21(24)16-19(32-22)9-11-23(28)29/h4-7,9,11,16H,8,10,12-15H2,1-3H3,(H,28,29)/b11-9+. The Kier molecular flexibility index (Phi) is 6.24. The maximum absolute atomic E-state index is 12.5. The van der Waals surface area contributed by atoms with Crippen molar-refractivity contribution in [2.75, 3.05) is 13.1 Å². The van der Waals surface area contributed by atoms with Crippen LogP contribution in [0.1, 0.15) is 60.1 Å². The minimum absolute atomic E-state index is 0.250. The fraction of sp³-hybridized carbons (Fsp3) is 0.385. The number of rotatable bonds is 2. The molecule has 32 heavy (non-hydrogen) atoms. The highest BCUT2D eigenvalue weighted by molar-refractivity contribution is 7.13. The molecular formula is C26H29NO4S. The number of amides is 1. The summed E-state index contributed by atoms with van der Waals surface area (Å²) in [5.74, 6) is -0.938. The van der Waals surface area contributed by atoms with Crippen LogP contribution >= 0.6 is 11.3 Å². The van der Waals surface area contributed by atoms with Crippen LogP contribution in [0.2, 0.25) is 0 Å². The van der Waals surface area contributed by atoms with Crippen molar-refractivity contribution in [2.24, 2.45) is 0 Å². The molecule has 6 heteroatoms. The van der Waals surface area contributed by atoms with Crippen LogP contribution in [0.3, 0.4) is 0 Å². The highest BCUT2D eigenvalue weighted by Crippen LogP contribution is 2.42. The van der Waals surface area contributed by atoms with E-state index in [0.717, 1.165) is 30.6 Å². The predicted molar refractivity (Wildman–Crippen MR) is 128 cm³/mol. The average molecular weight is 452 g/mol. The first-order chi connectivity index (χ1) is 15.2. The third kappa shape index (κ3) is 4.96. The minimum Gasteiger partial charge on any atom is -0.478 e. The lowest BCUT2D eigenvalue weighted by Crippen LogP contribution is -2.40. The molecular weight excluding hydrogens is 422 g/mol. The maximum atomic E-state index is 12.5. The first kappa shape index (κ1) is 22.3. The predicted octanol–water partition coefficient (Wildman–Crippen LogP) is 5.78. The lowest BCUT2D eigenvalue weighted by molar-refractivity contribution is -0.131. The monoisotopic (exact) mass is 451 g/mol. The number of carboxylic acids is 1. The van der Waals surface area contributed by atoms with Gasteiger partial charge >= 0.3 is 12.1 Å². The van der Waals surface area contributed by atoms with Crippen LogP contribution in [0.15, 0.2) is 42.0 Å². The second-order valence-corrected chi connectivity index (χ2v) is 10.4. The Morgan fingerprint density at radius 2 is 1.78 bits per heavy atom. The van der Waals surface area contributed by atoms with Gasteiger partial charge in [-0.3, -0.25) is 0 Å². The molecule has 1 aliphatic carbocycles. The van der Waals surface area contributed by atoms with Crippen molar-refractivity contribution in [3.63, 3.8) is 0 Å². The zero-order chi connectivity index (χ0) is 22.9. The summed E-state index contributed by atoms with van der Waals surface area (Å²) in [6.07, 6.45) is 6.15. The van der Waals surface area contributed by atoms with Crippen molar-refractivity contribution in [3.05, 3.63) is 68.4 Å². The molecule has 0 radical (unpaired) electrons. The number of carboxylic acid groups (broad SMARTS) is 1. The highest BCUT2D eigenvalue weighted by Gasteiger charge is 2.28. The van der Waals surface area contributed by atoms with Crippen molar-refractivity contribution in [1.82, 2.24) is 4.90 Å². The molecule has 1 saturated heterocycles. The lowest BCUT2D eigenvalue weighted by Gasteiger charge is -2.32. The van der Waals surface area contributed by atoms with Crippen molar-refractivity contribution in [2.45, 2.75) is 52.1 Å². The van der Waals surface area contributed by atoms with E-state index in [9.17, 15) is 9.59 Å². The molecule has 2 heterocycles. The zero-order valence-electron chi connectivity index (χ0n) is 18.8. The van der Waals surface area contributed by atoms with Crippen molar-refractivity contribution in [3.8, 4) is 0 Å². The first-order valence-corrected chi connectivity index (χ1v) is 11.9. The summed E-state index contributed by atoms with van der Waals surface area (Å²) < 4.78 is 5.56. The summed E-state index contributed by atoms with van der Waals surface area (Å²) in [5.41, 5.74) is 5.94. The molecule has 2 aliphatic rings. The number of nitrogens with zero attached hydrogens (tertiary/aromatic N) is 1. The number of aryl methyl sites for hydroxylation is 2. The third-order valence-corrected chi connectivity index (χ3v) is 6.93. The number of ether oxygens (including phenoxy) is 1. The molecule has 1 aromatic carbocycles. The van der Waals surface area contributed by atoms with Crippen molar-refractivity contribution in [1.29, 1.82) is 0 Å². The summed E-state index contributed by atoms with van der Waals surface area (Å²) in [7, 11) is 0. The summed E-state index contributed by atoms with van der Waals surface area (Å²) in [5, 5.41) is 9.01. The average Bonchev–Trinajstić information content (AvgIpc) is 3.07. The van der Waals surface area contributed by atoms with Gasteiger partial charge in [-0.15, -0.1) is 11.3 Å². The van der Waals surface area contributed by atoms with Crippen LogP contribution in [-0.2, 0) is 22.4 Å². The van der Waals surface area contributed by atoms with E-state index in [4.69, 9.17) is 9.84 Å². The van der Waals surface area contributed by atoms with E-state index < -0.39 is 11.6 Å². The normalized spacial score (nSPS) is 16.5. The largest absolute Gasteiger partial charge is 0.478 e. The summed E-state index contributed by atoms with van der Waals surface area (Å²) >= 11 is 1.67. The fourth-order valence-corrected chi connectivity index (χ4v) is 5.45. The molecule has 4 rings (SSSR count). The van der Waals surface area contributed by atoms with Gasteiger partial charge in [0.2, 0.25) is 0 Å². The number of aliphatic carboxylic acids is 1. The van der Waals surface area contributed by atoms with E-state index in [1.165, 1.54) is 38.8 Å². The number of likely N-dealkylation sites (tertiary alicyclic amines) is 1. The van der Waals surface area contributed by atoms with E-state index in [-0.39, 0.29) is 6.09 Å². The van der Waals surface area contributed by atoms with E-state index in [2.05, 4.69) is 30.3 Å². The van der Waals surface area contributed by atoms with Gasteiger partial charge in [-0.1, -0.05) is 29.8 Å². The molecule has 168 valence electrons. The van der Waals surface area contributed by atoms with E-state index >= 15 is 0 Å². The van der Waals surface area contributed by atoms with Crippen LogP contribution in [-0.4, -0.2) is 40.8 Å². The van der Waals surface area contributed by atoms with Crippen LogP contribution in [0.4, 0.5) is 4.79 Å². The molecule has 0 atom stereocenters. The van der Waals surface area contributed by atoms with Crippen LogP contribution in [0.25, 0.3) is 11.6 Å². The number of thiophene rings is 1. The second-order valence-electron chi connectivity index (χ2n) is 9.26. The van der Waals surface area contributed by atoms with Crippen LogP contribution < -0.4 is 0 Å². The molecule has 1 aliphatic heterocycles. The number of hydrogen-bond donors (Lipinski definition) is 1. The van der Waals surface area contributed by atoms with Crippen LogP contribution in [0, 0.1) is 0 Å². The molecule has 1 amide bonds. The van der Waals surface area contributed by atoms with Gasteiger partial charge in [0.25, 0.3) is 0 Å². The first-order valence-electron chi connectivity index (χ1n) is 11.0. The Labute approximate surface area is 193 Å². The number of benzene rings is 1. The molecule has 0 bridgehead atoms. The summed E-state index contributed by atoms with van der Waals surface area (Å²) in [6, 6.07) is 10.7. The van der Waals surface area contributed by atoms with E-state index in [1.54, 1.807) is 22.3 Å². The number of hydrogen-bond acceptors (Lipinski definition) is 4. The SMILES string of the molecule is CC(C)(C)OC(=O)N1CCC(=C2c3ccccc3CCc3sc(/C=C/C(=O)O)cc32)CC1. The third-order valence-electron chi connectivity index (χ3n) is 5.77. The number of carbonyl (C=O) groups excluding carboxylic acids is 1. The number of piperidine rings is 1. The molecule has 0 spiro atoms. The molecule has 1 N–H and O–H groups in total. The molecule has 5 nitrogen and oxygen atoms in total. The number of carbonyl (C=O) groups is 2. The van der Waals surface area contributed by atoms with Crippen molar-refractivity contribution < 1.29 is 19.4 Å². The quantitative estimate of drug-likeness (QED) is 0.588. The van der Waals surface area contributed by atoms with Gasteiger partial charge in [0.05, 0.1) is 0 Å². The molecule has 1 aromatic heterocycles. The van der Waals surface area contributed by atoms with E-state index in [0.29, 0.717) is 13.1 Å². The Morgan fingerprint density at radius 3 is 2.47 bits per heavy atom. The van der Waals surface area contributed by atoms with E-state index in [1.807, 2.05) is 20.8 Å². The molecule has 0 unspecified atom stereocenters. The van der Waals surface area contributed by atoms with Gasteiger partial charge in [-0.05, 0) is 80.9 Å². The van der Waals surface area contributed by atoms with Crippen LogP contribution in [0.5, 0.6) is 0 Å². The highest BCUT2D eigenvalue weighted by atomic mass is 32.1. The molecule has 1 fully saturated rings. The summed E-state index contributed by atoms with van der Waals surface area (Å²) in [6.45, 7) is 6.94. The smallest absolute Gasteiger partial charge is 0.410 e. The second kappa shape index (κ2) is 8.94. The summed E-state index contributed by atoms with van der Waals surface area (Å²) in [4.78, 5) is 27.6. The Balaban J connectivity index is 1.69.